The molecule has 0 aromatic carbocycles. The van der Waals surface area contributed by atoms with Gasteiger partial charge in [0.15, 0.2) is 0 Å². The maximum atomic E-state index is 12.9. The van der Waals surface area contributed by atoms with Crippen molar-refractivity contribution in [3.63, 3.8) is 0 Å². The van der Waals surface area contributed by atoms with Crippen LogP contribution in [0.5, 0.6) is 0 Å². The zero-order valence-electron chi connectivity index (χ0n) is 45.9. The van der Waals surface area contributed by atoms with Gasteiger partial charge in [0.05, 0.1) is 32.5 Å². The van der Waals surface area contributed by atoms with Crippen molar-refractivity contribution in [2.75, 3.05) is 48.7 Å². The molecular formula is C57H99O10P. The van der Waals surface area contributed by atoms with E-state index < -0.39 is 0 Å². The van der Waals surface area contributed by atoms with Gasteiger partial charge in [0, 0.05) is 40.8 Å². The molecule has 0 radical (unpaired) electrons. The van der Waals surface area contributed by atoms with Crippen LogP contribution >= 0.6 is 9.24 Å². The van der Waals surface area contributed by atoms with E-state index in [0.717, 1.165) is 51.4 Å². The third-order valence-electron chi connectivity index (χ3n) is 22.2. The van der Waals surface area contributed by atoms with Crippen LogP contribution in [0.15, 0.2) is 0 Å². The third-order valence-corrected chi connectivity index (χ3v) is 22.2. The van der Waals surface area contributed by atoms with E-state index in [4.69, 9.17) is 29.8 Å². The van der Waals surface area contributed by atoms with Gasteiger partial charge in [0.25, 0.3) is 0 Å². The van der Waals surface area contributed by atoms with Gasteiger partial charge in [0.2, 0.25) is 0 Å². The fourth-order valence-electron chi connectivity index (χ4n) is 18.6. The summed E-state index contributed by atoms with van der Waals surface area (Å²) in [7, 11) is 8.65. The smallest absolute Gasteiger partial charge is 0.305 e. The predicted octanol–water partition coefficient (Wildman–Crippen LogP) is 11.6. The zero-order valence-corrected chi connectivity index (χ0v) is 46.0. The Bertz CT molecular complexity index is 1700. The first-order valence-electron chi connectivity index (χ1n) is 28.0. The first-order chi connectivity index (χ1) is 32.7. The first-order valence-corrected chi connectivity index (χ1v) is 28.1. The van der Waals surface area contributed by atoms with E-state index in [1.54, 1.807) is 14.2 Å². The Hall–Kier alpha value is -1.16. The molecule has 8 aliphatic rings. The number of Topliss-reactive ketones (excluding diaryl/α,β-unsaturated/α-hetero) is 1. The van der Waals surface area contributed by atoms with E-state index in [1.807, 2.05) is 0 Å². The number of aliphatic hydroxyl groups is 1. The van der Waals surface area contributed by atoms with E-state index >= 15 is 0 Å². The lowest BCUT2D eigenvalue weighted by molar-refractivity contribution is -0.214. The van der Waals surface area contributed by atoms with Crippen LogP contribution in [0.1, 0.15) is 172 Å². The minimum Gasteiger partial charge on any atom is -0.469 e. The number of rotatable bonds is 14. The Morgan fingerprint density at radius 1 is 0.676 bits per heavy atom. The number of esters is 2. The van der Waals surface area contributed by atoms with E-state index in [9.17, 15) is 19.5 Å². The Balaban J connectivity index is 0.000000215. The first kappa shape index (κ1) is 54.6. The van der Waals surface area contributed by atoms with Crippen molar-refractivity contribution in [3.8, 4) is 0 Å². The summed E-state index contributed by atoms with van der Waals surface area (Å²) < 4.78 is 39.6. The molecule has 0 heterocycles. The maximum absolute atomic E-state index is 12.9. The highest BCUT2D eigenvalue weighted by Crippen LogP contribution is 2.71. The second kappa shape index (κ2) is 23.4. The minimum absolute atomic E-state index is 0.0883. The zero-order chi connectivity index (χ0) is 50.6. The molecule has 8 saturated carbocycles. The molecule has 0 spiro atoms. The van der Waals surface area contributed by atoms with Crippen LogP contribution in [0.2, 0.25) is 0 Å². The number of ether oxygens (including phenoxy) is 6. The van der Waals surface area contributed by atoms with Gasteiger partial charge in [-0.2, -0.15) is 0 Å². The summed E-state index contributed by atoms with van der Waals surface area (Å²) in [6.07, 6.45) is 19.1. The molecule has 68 heavy (non-hydrogen) atoms. The lowest BCUT2D eigenvalue weighted by Crippen LogP contribution is -2.60. The molecule has 8 fully saturated rings. The Morgan fingerprint density at radius 3 is 1.54 bits per heavy atom. The van der Waals surface area contributed by atoms with Crippen LogP contribution < -0.4 is 0 Å². The fraction of sp³-hybridized carbons (Fsp3) is 0.947. The summed E-state index contributed by atoms with van der Waals surface area (Å²) in [4.78, 5) is 36.4. The number of fused-ring (bicyclic) bond motifs is 10. The molecule has 0 aliphatic heterocycles. The van der Waals surface area contributed by atoms with Gasteiger partial charge in [-0.05, 0) is 195 Å². The Labute approximate surface area is 417 Å². The van der Waals surface area contributed by atoms with Gasteiger partial charge in [-0.3, -0.25) is 14.4 Å². The second-order valence-electron chi connectivity index (χ2n) is 25.1. The second-order valence-corrected chi connectivity index (χ2v) is 25.1. The summed E-state index contributed by atoms with van der Waals surface area (Å²) in [5, 5.41) is 10.9. The third kappa shape index (κ3) is 10.7. The van der Waals surface area contributed by atoms with Crippen LogP contribution in [0.25, 0.3) is 0 Å². The Morgan fingerprint density at radius 2 is 1.10 bits per heavy atom. The van der Waals surface area contributed by atoms with Crippen molar-refractivity contribution >= 4 is 27.0 Å². The van der Waals surface area contributed by atoms with Crippen LogP contribution in [0, 0.1) is 105 Å². The summed E-state index contributed by atoms with van der Waals surface area (Å²) in [6, 6.07) is 0. The highest BCUT2D eigenvalue weighted by atomic mass is 31.0. The number of carbonyl (C=O) groups is 3. The molecule has 0 aromatic heterocycles. The van der Waals surface area contributed by atoms with Crippen LogP contribution in [0.4, 0.5) is 0 Å². The van der Waals surface area contributed by atoms with Crippen molar-refractivity contribution in [2.45, 2.75) is 189 Å². The minimum atomic E-state index is -0.175. The molecule has 0 saturated heterocycles. The maximum Gasteiger partial charge on any atom is 0.305 e. The number of ketones is 1. The van der Waals surface area contributed by atoms with Gasteiger partial charge in [0.1, 0.15) is 19.4 Å². The lowest BCUT2D eigenvalue weighted by Gasteiger charge is -2.63. The number of methoxy groups -OCH3 is 4. The normalized spacial score (nSPS) is 45.6. The van der Waals surface area contributed by atoms with Crippen molar-refractivity contribution in [1.29, 1.82) is 0 Å². The molecule has 10 nitrogen and oxygen atoms in total. The molecule has 22 atom stereocenters. The quantitative estimate of drug-likeness (QED) is 0.102. The SMILES string of the molecule is COCO[C@H]1C[C@@H]2C[C@@H](C)C(=O)C[C@]2(C)C2CC[C@@]3(C)C(CC[C@@H]3[C@H](C)CCC(=O)OC)C21.COCO[C@H]1C[C@@H]2C[C@@H](C)[C@H](O)C[C@]2(C)C2CC[C@@]3(C)C(CC[C@@H]3[C@H](C)CCC(=O)OC)C21.[2H]CP. The molecule has 11 heteroatoms. The van der Waals surface area contributed by atoms with Gasteiger partial charge >= 0.3 is 11.9 Å². The van der Waals surface area contributed by atoms with E-state index in [0.29, 0.717) is 121 Å². The van der Waals surface area contributed by atoms with Crippen molar-refractivity contribution in [1.82, 2.24) is 0 Å². The molecule has 0 amide bonds. The monoisotopic (exact) mass is 976 g/mol. The molecule has 392 valence electrons. The average molecular weight is 976 g/mol. The number of aliphatic hydroxyl groups excluding tert-OH is 1. The molecule has 8 rings (SSSR count). The van der Waals surface area contributed by atoms with Crippen molar-refractivity contribution in [3.05, 3.63) is 0 Å². The molecular weight excluding hydrogens is 876 g/mol. The van der Waals surface area contributed by atoms with Crippen molar-refractivity contribution in [2.24, 2.45) is 105 Å². The average Bonchev–Trinajstić information content (AvgIpc) is 3.86. The topological polar surface area (TPSA) is 127 Å². The largest absolute Gasteiger partial charge is 0.469 e. The van der Waals surface area contributed by atoms with Crippen LogP contribution in [0.3, 0.4) is 0 Å². The molecule has 1 N–H and O–H groups in total. The molecule has 0 bridgehead atoms. The fourth-order valence-corrected chi connectivity index (χ4v) is 18.6. The summed E-state index contributed by atoms with van der Waals surface area (Å²) in [6.45, 7) is 20.2. The highest BCUT2D eigenvalue weighted by molar-refractivity contribution is 7.15. The lowest BCUT2D eigenvalue weighted by atomic mass is 9.43. The van der Waals surface area contributed by atoms with Gasteiger partial charge in [-0.1, -0.05) is 62.0 Å². The highest BCUT2D eigenvalue weighted by Gasteiger charge is 2.66. The van der Waals surface area contributed by atoms with Gasteiger partial charge in [-0.25, -0.2) is 0 Å². The van der Waals surface area contributed by atoms with Gasteiger partial charge < -0.3 is 33.5 Å². The van der Waals surface area contributed by atoms with Crippen LogP contribution in [-0.4, -0.2) is 89.8 Å². The van der Waals surface area contributed by atoms with Crippen molar-refractivity contribution < 1.29 is 49.3 Å². The predicted molar refractivity (Wildman–Crippen MR) is 271 cm³/mol. The van der Waals surface area contributed by atoms with E-state index in [2.05, 4.69) is 64.6 Å². The number of hydrogen-bond donors (Lipinski definition) is 1. The van der Waals surface area contributed by atoms with E-state index in [1.165, 1.54) is 65.6 Å². The summed E-state index contributed by atoms with van der Waals surface area (Å²) in [5.74, 6) is 7.84. The molecule has 7 unspecified atom stereocenters. The van der Waals surface area contributed by atoms with E-state index in [-0.39, 0.29) is 52.4 Å². The summed E-state index contributed by atoms with van der Waals surface area (Å²) >= 11 is 0. The number of carbonyl (C=O) groups excluding carboxylic acids is 3. The Kier molecular flexibility index (Phi) is 18.8. The molecule has 8 aliphatic carbocycles. The standard InChI is InChI=1S/C28H48O5.C28H46O5.CH5P/c2*1-17(7-10-25(30)32-6)20-8-9-21-26-22(11-12-27(20,21)3)28(4)15-23(29)18(2)13-19(28)14-24(26)33-16-31-5;1-2/h17-24,26,29H,7-16H2,1-6H3;17-22,24,26H,7-16H2,1-6H3;2H2,1H3/t17-,18-,19+,20-,21?,22?,23-,24+,26?,27-,28+;17-,18-,19+,20-,21?,22?,24+,26?,27-,28+;/m11./s1/i;;1D. The number of hydrogen-bond acceptors (Lipinski definition) is 10. The molecule has 0 aromatic rings. The summed E-state index contributed by atoms with van der Waals surface area (Å²) in [5.41, 5.74) is 0.895. The van der Waals surface area contributed by atoms with Crippen LogP contribution in [-0.2, 0) is 42.8 Å². The van der Waals surface area contributed by atoms with Gasteiger partial charge in [-0.15, -0.1) is 9.24 Å².